The van der Waals surface area contributed by atoms with Gasteiger partial charge in [0.15, 0.2) is 0 Å². The number of quaternary nitrogens is 1. The van der Waals surface area contributed by atoms with Gasteiger partial charge in [-0.15, -0.1) is 10.2 Å². The molecule has 0 spiro atoms. The van der Waals surface area contributed by atoms with Crippen LogP contribution in [-0.4, -0.2) is 53.4 Å². The van der Waals surface area contributed by atoms with Gasteiger partial charge in [0.1, 0.15) is 5.69 Å². The summed E-state index contributed by atoms with van der Waals surface area (Å²) >= 11 is 0. The summed E-state index contributed by atoms with van der Waals surface area (Å²) < 4.78 is 0. The molecular formula is C9H17N6O+. The summed E-state index contributed by atoms with van der Waals surface area (Å²) in [6.07, 6.45) is 0. The number of nitrogens with one attached hydrogen (secondary N) is 3. The number of hydrazine groups is 1. The van der Waals surface area contributed by atoms with Crippen LogP contribution < -0.4 is 15.9 Å². The largest absolute Gasteiger partial charge is 0.335 e. The molecule has 0 aliphatic carbocycles. The van der Waals surface area contributed by atoms with Crippen molar-refractivity contribution < 1.29 is 4.90 Å². The highest BCUT2D eigenvalue weighted by Gasteiger charge is 2.16. The molecule has 1 aliphatic heterocycles. The second-order valence-electron chi connectivity index (χ2n) is 4.14. The molecule has 0 amide bonds. The van der Waals surface area contributed by atoms with E-state index in [-0.39, 0.29) is 5.56 Å². The van der Waals surface area contributed by atoms with E-state index in [1.807, 2.05) is 5.01 Å². The summed E-state index contributed by atoms with van der Waals surface area (Å²) in [5.74, 6) is 0.412. The number of aryl methyl sites for hydroxylation is 1. The van der Waals surface area contributed by atoms with Crippen molar-refractivity contribution in [2.45, 2.75) is 6.92 Å². The lowest BCUT2D eigenvalue weighted by atomic mass is 10.4. The van der Waals surface area contributed by atoms with Gasteiger partial charge in [-0.1, -0.05) is 0 Å². The van der Waals surface area contributed by atoms with Crippen molar-refractivity contribution in [2.24, 2.45) is 0 Å². The molecule has 0 bridgehead atoms. The van der Waals surface area contributed by atoms with Crippen molar-refractivity contribution in [2.75, 3.05) is 38.7 Å². The minimum Gasteiger partial charge on any atom is -0.335 e. The van der Waals surface area contributed by atoms with E-state index in [9.17, 15) is 4.79 Å². The van der Waals surface area contributed by atoms with Gasteiger partial charge >= 0.3 is 0 Å². The molecule has 0 saturated carbocycles. The summed E-state index contributed by atoms with van der Waals surface area (Å²) in [5.41, 5.74) is 3.25. The molecule has 0 unspecified atom stereocenters. The molecule has 3 N–H and O–H groups in total. The molecule has 2 heterocycles. The molecular weight excluding hydrogens is 208 g/mol. The lowest BCUT2D eigenvalue weighted by molar-refractivity contribution is -0.884. The average molecular weight is 225 g/mol. The molecule has 7 nitrogen and oxygen atoms in total. The lowest BCUT2D eigenvalue weighted by Gasteiger charge is -2.29. The van der Waals surface area contributed by atoms with Crippen LogP contribution in [0.2, 0.25) is 0 Å². The standard InChI is InChI=1S/C9H16N6O/c1-7-8(16)10-9(12-11-7)13-15-5-3-14(2)4-6-15/h3-6H2,1-2H3,(H2,10,12,13,16)/p+1. The second kappa shape index (κ2) is 4.58. The fraction of sp³-hybridized carbons (Fsp3) is 0.667. The van der Waals surface area contributed by atoms with Crippen LogP contribution in [0.25, 0.3) is 0 Å². The van der Waals surface area contributed by atoms with Crippen molar-refractivity contribution in [3.05, 3.63) is 16.0 Å². The maximum absolute atomic E-state index is 11.3. The maximum atomic E-state index is 11.3. The Morgan fingerprint density at radius 3 is 2.69 bits per heavy atom. The number of aromatic nitrogens is 3. The molecule has 1 fully saturated rings. The van der Waals surface area contributed by atoms with Crippen LogP contribution in [0, 0.1) is 6.92 Å². The first-order valence-electron chi connectivity index (χ1n) is 5.41. The quantitative estimate of drug-likeness (QED) is 0.524. The maximum Gasteiger partial charge on any atom is 0.274 e. The Kier molecular flexibility index (Phi) is 3.16. The fourth-order valence-corrected chi connectivity index (χ4v) is 1.59. The van der Waals surface area contributed by atoms with Crippen molar-refractivity contribution in [1.82, 2.24) is 20.2 Å². The van der Waals surface area contributed by atoms with E-state index in [1.54, 1.807) is 6.92 Å². The van der Waals surface area contributed by atoms with Crippen LogP contribution in [0.15, 0.2) is 4.79 Å². The van der Waals surface area contributed by atoms with Gasteiger partial charge in [-0.05, 0) is 6.92 Å². The second-order valence-corrected chi connectivity index (χ2v) is 4.14. The molecule has 1 aromatic heterocycles. The number of nitrogens with zero attached hydrogens (tertiary/aromatic N) is 3. The van der Waals surface area contributed by atoms with Gasteiger partial charge < -0.3 is 4.90 Å². The molecule has 0 radical (unpaired) electrons. The summed E-state index contributed by atoms with van der Waals surface area (Å²) in [6, 6.07) is 0. The molecule has 7 heteroatoms. The first-order valence-corrected chi connectivity index (χ1v) is 5.41. The minimum absolute atomic E-state index is 0.197. The summed E-state index contributed by atoms with van der Waals surface area (Å²) in [5, 5.41) is 9.70. The van der Waals surface area contributed by atoms with Crippen LogP contribution in [0.4, 0.5) is 5.95 Å². The average Bonchev–Trinajstić information content (AvgIpc) is 2.27. The number of hydrogen-bond donors (Lipinski definition) is 3. The number of piperazine rings is 1. The van der Waals surface area contributed by atoms with Gasteiger partial charge in [-0.25, -0.2) is 5.01 Å². The van der Waals surface area contributed by atoms with Crippen LogP contribution in [0.3, 0.4) is 0 Å². The van der Waals surface area contributed by atoms with Gasteiger partial charge in [0, 0.05) is 0 Å². The SMILES string of the molecule is Cc1nnc(NN2CC[NH+](C)CC2)[nH]c1=O. The van der Waals surface area contributed by atoms with E-state index in [2.05, 4.69) is 27.7 Å². The third kappa shape index (κ3) is 2.56. The van der Waals surface area contributed by atoms with Crippen LogP contribution >= 0.6 is 0 Å². The first kappa shape index (κ1) is 11.0. The molecule has 1 aliphatic rings. The van der Waals surface area contributed by atoms with E-state index in [1.165, 1.54) is 4.90 Å². The monoisotopic (exact) mass is 225 g/mol. The minimum atomic E-state index is -0.197. The van der Waals surface area contributed by atoms with Gasteiger partial charge in [-0.2, -0.15) is 0 Å². The Morgan fingerprint density at radius 2 is 2.06 bits per heavy atom. The number of H-pyrrole nitrogens is 1. The fourth-order valence-electron chi connectivity index (χ4n) is 1.59. The van der Waals surface area contributed by atoms with Crippen LogP contribution in [-0.2, 0) is 0 Å². The Hall–Kier alpha value is -1.47. The van der Waals surface area contributed by atoms with Gasteiger partial charge in [0.2, 0.25) is 5.95 Å². The smallest absolute Gasteiger partial charge is 0.274 e. The van der Waals surface area contributed by atoms with Crippen molar-refractivity contribution in [3.63, 3.8) is 0 Å². The number of likely N-dealkylation sites (N-methyl/N-ethyl adjacent to an activating group) is 1. The van der Waals surface area contributed by atoms with Crippen LogP contribution in [0.1, 0.15) is 5.69 Å². The van der Waals surface area contributed by atoms with Gasteiger partial charge in [0.25, 0.3) is 5.56 Å². The summed E-state index contributed by atoms with van der Waals surface area (Å²) in [7, 11) is 2.17. The van der Waals surface area contributed by atoms with E-state index in [4.69, 9.17) is 0 Å². The predicted octanol–water partition coefficient (Wildman–Crippen LogP) is -2.37. The Morgan fingerprint density at radius 1 is 1.38 bits per heavy atom. The number of anilines is 1. The highest BCUT2D eigenvalue weighted by Crippen LogP contribution is 1.95. The Bertz CT molecular complexity index is 409. The Balaban J connectivity index is 1.99. The van der Waals surface area contributed by atoms with Crippen LogP contribution in [0.5, 0.6) is 0 Å². The molecule has 2 rings (SSSR count). The Labute approximate surface area is 93.4 Å². The normalized spacial score (nSPS) is 18.6. The number of rotatable bonds is 2. The zero-order valence-electron chi connectivity index (χ0n) is 9.58. The van der Waals surface area contributed by atoms with Gasteiger partial charge in [0.05, 0.1) is 33.2 Å². The lowest BCUT2D eigenvalue weighted by Crippen LogP contribution is -3.12. The topological polar surface area (TPSA) is 78.3 Å². The number of aromatic amines is 1. The predicted molar refractivity (Wildman–Crippen MR) is 59.2 cm³/mol. The van der Waals surface area contributed by atoms with E-state index in [0.29, 0.717) is 11.6 Å². The molecule has 0 aromatic carbocycles. The molecule has 16 heavy (non-hydrogen) atoms. The van der Waals surface area contributed by atoms with E-state index in [0.717, 1.165) is 26.2 Å². The first-order chi connectivity index (χ1) is 7.65. The molecule has 1 aromatic rings. The van der Waals surface area contributed by atoms with E-state index >= 15 is 0 Å². The summed E-state index contributed by atoms with van der Waals surface area (Å²) in [4.78, 5) is 15.5. The van der Waals surface area contributed by atoms with Crippen molar-refractivity contribution in [1.29, 1.82) is 0 Å². The zero-order valence-corrected chi connectivity index (χ0v) is 9.58. The third-order valence-corrected chi connectivity index (χ3v) is 2.74. The highest BCUT2D eigenvalue weighted by atomic mass is 16.1. The highest BCUT2D eigenvalue weighted by molar-refractivity contribution is 5.19. The van der Waals surface area contributed by atoms with Crippen molar-refractivity contribution in [3.8, 4) is 0 Å². The molecule has 0 atom stereocenters. The third-order valence-electron chi connectivity index (χ3n) is 2.74. The zero-order chi connectivity index (χ0) is 11.5. The summed E-state index contributed by atoms with van der Waals surface area (Å²) in [6.45, 7) is 5.66. The van der Waals surface area contributed by atoms with E-state index < -0.39 is 0 Å². The van der Waals surface area contributed by atoms with Crippen molar-refractivity contribution >= 4 is 5.95 Å². The number of hydrogen-bond acceptors (Lipinski definition) is 5. The van der Waals surface area contributed by atoms with Gasteiger partial charge in [-0.3, -0.25) is 15.2 Å². The molecule has 88 valence electrons. The molecule has 1 saturated heterocycles.